The van der Waals surface area contributed by atoms with E-state index >= 15 is 0 Å². The van der Waals surface area contributed by atoms with E-state index < -0.39 is 0 Å². The molecule has 0 fully saturated rings. The maximum Gasteiger partial charge on any atom is 0.227 e. The highest BCUT2D eigenvalue weighted by atomic mass is 16.5. The van der Waals surface area contributed by atoms with Gasteiger partial charge in [0, 0.05) is 12.0 Å². The highest BCUT2D eigenvalue weighted by Gasteiger charge is 2.24. The van der Waals surface area contributed by atoms with Gasteiger partial charge in [-0.2, -0.15) is 0 Å². The molecule has 1 heterocycles. The van der Waals surface area contributed by atoms with E-state index in [1.807, 2.05) is 24.3 Å². The molecule has 0 saturated heterocycles. The molecule has 2 aromatic carbocycles. The number of rotatable bonds is 5. The second-order valence-corrected chi connectivity index (χ2v) is 5.98. The van der Waals surface area contributed by atoms with Crippen molar-refractivity contribution in [2.24, 2.45) is 0 Å². The van der Waals surface area contributed by atoms with Crippen LogP contribution in [0.15, 0.2) is 42.5 Å². The smallest absolute Gasteiger partial charge is 0.227 e. The quantitative estimate of drug-likeness (QED) is 0.785. The summed E-state index contributed by atoms with van der Waals surface area (Å²) in [6.45, 7) is 2.47. The number of benzene rings is 2. The number of amides is 1. The van der Waals surface area contributed by atoms with Gasteiger partial charge in [-0.3, -0.25) is 9.59 Å². The molecule has 130 valence electrons. The van der Waals surface area contributed by atoms with Gasteiger partial charge in [0.15, 0.2) is 5.78 Å². The SMILES string of the molecule is COc1ccc(CCC(=O)N2CCOc3ccc(C(C)=O)cc32)cc1. The lowest BCUT2D eigenvalue weighted by molar-refractivity contribution is -0.118. The molecule has 0 aromatic heterocycles. The van der Waals surface area contributed by atoms with Crippen molar-refractivity contribution in [3.8, 4) is 11.5 Å². The zero-order valence-electron chi connectivity index (χ0n) is 14.5. The van der Waals surface area contributed by atoms with Crippen molar-refractivity contribution in [1.29, 1.82) is 0 Å². The summed E-state index contributed by atoms with van der Waals surface area (Å²) in [6, 6.07) is 12.9. The van der Waals surface area contributed by atoms with Crippen LogP contribution in [-0.4, -0.2) is 32.0 Å². The summed E-state index contributed by atoms with van der Waals surface area (Å²) in [5, 5.41) is 0. The third-order valence-corrected chi connectivity index (χ3v) is 4.32. The number of carbonyl (C=O) groups is 2. The molecule has 2 aromatic rings. The Morgan fingerprint density at radius 2 is 1.92 bits per heavy atom. The molecule has 5 nitrogen and oxygen atoms in total. The van der Waals surface area contributed by atoms with E-state index in [-0.39, 0.29) is 11.7 Å². The van der Waals surface area contributed by atoms with Gasteiger partial charge in [0.05, 0.1) is 19.3 Å². The summed E-state index contributed by atoms with van der Waals surface area (Å²) < 4.78 is 10.8. The first-order chi connectivity index (χ1) is 12.1. The van der Waals surface area contributed by atoms with E-state index in [0.717, 1.165) is 11.3 Å². The van der Waals surface area contributed by atoms with Crippen LogP contribution in [0.1, 0.15) is 29.3 Å². The third kappa shape index (κ3) is 3.82. The van der Waals surface area contributed by atoms with Crippen LogP contribution >= 0.6 is 0 Å². The van der Waals surface area contributed by atoms with Crippen molar-refractivity contribution in [2.45, 2.75) is 19.8 Å². The molecule has 25 heavy (non-hydrogen) atoms. The summed E-state index contributed by atoms with van der Waals surface area (Å²) >= 11 is 0. The predicted octanol–water partition coefficient (Wildman–Crippen LogP) is 3.26. The van der Waals surface area contributed by atoms with Crippen LogP contribution < -0.4 is 14.4 Å². The molecule has 0 spiro atoms. The van der Waals surface area contributed by atoms with E-state index in [1.54, 1.807) is 30.2 Å². The molecule has 1 amide bonds. The lowest BCUT2D eigenvalue weighted by Crippen LogP contribution is -2.38. The number of methoxy groups -OCH3 is 1. The van der Waals surface area contributed by atoms with Crippen molar-refractivity contribution in [2.75, 3.05) is 25.2 Å². The van der Waals surface area contributed by atoms with E-state index in [2.05, 4.69) is 0 Å². The minimum atomic E-state index is -0.0287. The van der Waals surface area contributed by atoms with Crippen molar-refractivity contribution in [3.63, 3.8) is 0 Å². The van der Waals surface area contributed by atoms with Crippen molar-refractivity contribution in [3.05, 3.63) is 53.6 Å². The number of Topliss-reactive ketones (excluding diaryl/α,β-unsaturated/α-hetero) is 1. The molecule has 1 aliphatic heterocycles. The third-order valence-electron chi connectivity index (χ3n) is 4.32. The summed E-state index contributed by atoms with van der Waals surface area (Å²) in [6.07, 6.45) is 1.05. The second-order valence-electron chi connectivity index (χ2n) is 5.98. The van der Waals surface area contributed by atoms with E-state index in [0.29, 0.717) is 43.0 Å². The van der Waals surface area contributed by atoms with Crippen LogP contribution in [0.4, 0.5) is 5.69 Å². The van der Waals surface area contributed by atoms with Gasteiger partial charge in [-0.05, 0) is 49.2 Å². The Balaban J connectivity index is 1.72. The lowest BCUT2D eigenvalue weighted by atomic mass is 10.1. The summed E-state index contributed by atoms with van der Waals surface area (Å²) in [5.74, 6) is 1.45. The number of hydrogen-bond donors (Lipinski definition) is 0. The first-order valence-corrected chi connectivity index (χ1v) is 8.29. The van der Waals surface area contributed by atoms with E-state index in [1.165, 1.54) is 6.92 Å². The Kier molecular flexibility index (Phi) is 5.03. The fourth-order valence-corrected chi connectivity index (χ4v) is 2.87. The van der Waals surface area contributed by atoms with Crippen LogP contribution in [-0.2, 0) is 11.2 Å². The first-order valence-electron chi connectivity index (χ1n) is 8.29. The minimum absolute atomic E-state index is 0.0287. The molecule has 0 aliphatic carbocycles. The van der Waals surface area contributed by atoms with Gasteiger partial charge in [0.2, 0.25) is 5.91 Å². The largest absolute Gasteiger partial charge is 0.497 e. The average Bonchev–Trinajstić information content (AvgIpc) is 2.65. The van der Waals surface area contributed by atoms with Gasteiger partial charge in [0.1, 0.15) is 18.1 Å². The molecule has 5 heteroatoms. The lowest BCUT2D eigenvalue weighted by Gasteiger charge is -2.30. The van der Waals surface area contributed by atoms with Crippen LogP contribution in [0.25, 0.3) is 0 Å². The molecule has 0 atom stereocenters. The topological polar surface area (TPSA) is 55.8 Å². The molecule has 0 radical (unpaired) electrons. The number of fused-ring (bicyclic) bond motifs is 1. The molecular formula is C20H21NO4. The maximum atomic E-state index is 12.7. The molecule has 0 bridgehead atoms. The van der Waals surface area contributed by atoms with Gasteiger partial charge >= 0.3 is 0 Å². The van der Waals surface area contributed by atoms with E-state index in [4.69, 9.17) is 9.47 Å². The van der Waals surface area contributed by atoms with Gasteiger partial charge in [-0.15, -0.1) is 0 Å². The van der Waals surface area contributed by atoms with E-state index in [9.17, 15) is 9.59 Å². The molecule has 0 saturated carbocycles. The number of carbonyl (C=O) groups excluding carboxylic acids is 2. The normalized spacial score (nSPS) is 13.0. The highest BCUT2D eigenvalue weighted by Crippen LogP contribution is 2.33. The molecule has 1 aliphatic rings. The fourth-order valence-electron chi connectivity index (χ4n) is 2.87. The van der Waals surface area contributed by atoms with Crippen LogP contribution in [0.5, 0.6) is 11.5 Å². The molecule has 3 rings (SSSR count). The van der Waals surface area contributed by atoms with Gasteiger partial charge < -0.3 is 14.4 Å². The Bertz CT molecular complexity index is 783. The Labute approximate surface area is 147 Å². The fraction of sp³-hybridized carbons (Fsp3) is 0.300. The van der Waals surface area contributed by atoms with Crippen molar-refractivity contribution < 1.29 is 19.1 Å². The van der Waals surface area contributed by atoms with Crippen LogP contribution in [0, 0.1) is 0 Å². The average molecular weight is 339 g/mol. The zero-order chi connectivity index (χ0) is 17.8. The summed E-state index contributed by atoms with van der Waals surface area (Å²) in [4.78, 5) is 26.0. The first kappa shape index (κ1) is 17.0. The van der Waals surface area contributed by atoms with Crippen molar-refractivity contribution >= 4 is 17.4 Å². The van der Waals surface area contributed by atoms with Crippen LogP contribution in [0.2, 0.25) is 0 Å². The number of ketones is 1. The number of nitrogens with zero attached hydrogens (tertiary/aromatic N) is 1. The summed E-state index contributed by atoms with van der Waals surface area (Å²) in [5.41, 5.74) is 2.34. The van der Waals surface area contributed by atoms with Gasteiger partial charge in [-0.1, -0.05) is 12.1 Å². The monoisotopic (exact) mass is 339 g/mol. The number of anilines is 1. The minimum Gasteiger partial charge on any atom is -0.497 e. The number of aryl methyl sites for hydroxylation is 1. The van der Waals surface area contributed by atoms with Gasteiger partial charge in [0.25, 0.3) is 0 Å². The predicted molar refractivity (Wildman–Crippen MR) is 95.6 cm³/mol. The second kappa shape index (κ2) is 7.38. The Morgan fingerprint density at radius 3 is 2.60 bits per heavy atom. The van der Waals surface area contributed by atoms with Crippen molar-refractivity contribution in [1.82, 2.24) is 0 Å². The maximum absolute atomic E-state index is 12.7. The highest BCUT2D eigenvalue weighted by molar-refractivity contribution is 5.99. The van der Waals surface area contributed by atoms with Gasteiger partial charge in [-0.25, -0.2) is 0 Å². The molecule has 0 N–H and O–H groups in total. The Hall–Kier alpha value is -2.82. The number of hydrogen-bond acceptors (Lipinski definition) is 4. The standard InChI is InChI=1S/C20H21NO4/c1-14(22)16-6-9-19-18(13-16)21(11-12-25-19)20(23)10-5-15-3-7-17(24-2)8-4-15/h3-4,6-9,13H,5,10-12H2,1-2H3. The molecule has 0 unspecified atom stereocenters. The summed E-state index contributed by atoms with van der Waals surface area (Å²) in [7, 11) is 1.63. The Morgan fingerprint density at radius 1 is 1.16 bits per heavy atom. The molecular weight excluding hydrogens is 318 g/mol. The number of ether oxygens (including phenoxy) is 2. The van der Waals surface area contributed by atoms with Crippen LogP contribution in [0.3, 0.4) is 0 Å². The zero-order valence-corrected chi connectivity index (χ0v) is 14.5.